The van der Waals surface area contributed by atoms with E-state index in [0.717, 1.165) is 40.6 Å². The number of fused-ring (bicyclic) bond motifs is 1. The van der Waals surface area contributed by atoms with Crippen molar-refractivity contribution in [3.63, 3.8) is 0 Å². The fraction of sp³-hybridized carbons (Fsp3) is 0.381. The molecule has 1 aliphatic heterocycles. The number of carbonyl (C=O) groups is 1. The van der Waals surface area contributed by atoms with E-state index in [1.807, 2.05) is 32.0 Å². The van der Waals surface area contributed by atoms with Crippen LogP contribution in [0.25, 0.3) is 0 Å². The average molecular weight is 402 g/mol. The van der Waals surface area contributed by atoms with E-state index in [9.17, 15) is 13.2 Å². The van der Waals surface area contributed by atoms with Gasteiger partial charge in [-0.05, 0) is 68.1 Å². The summed E-state index contributed by atoms with van der Waals surface area (Å²) in [5, 5.41) is 2.82. The van der Waals surface area contributed by atoms with Crippen LogP contribution in [0.2, 0.25) is 0 Å². The first kappa shape index (κ1) is 20.4. The van der Waals surface area contributed by atoms with Gasteiger partial charge < -0.3 is 10.2 Å². The van der Waals surface area contributed by atoms with Crippen LogP contribution < -0.4 is 10.2 Å². The molecule has 0 aromatic heterocycles. The number of sulfonamides is 1. The Morgan fingerprint density at radius 2 is 1.89 bits per heavy atom. The quantitative estimate of drug-likeness (QED) is 0.808. The zero-order valence-corrected chi connectivity index (χ0v) is 17.6. The second-order valence-electron chi connectivity index (χ2n) is 7.23. The Hall–Kier alpha value is -2.38. The first-order valence-electron chi connectivity index (χ1n) is 9.43. The zero-order valence-electron chi connectivity index (χ0n) is 16.8. The van der Waals surface area contributed by atoms with E-state index in [0.29, 0.717) is 5.69 Å². The maximum atomic E-state index is 12.8. The summed E-state index contributed by atoms with van der Waals surface area (Å²) in [5.74, 6) is -0.365. The van der Waals surface area contributed by atoms with Crippen LogP contribution in [0.15, 0.2) is 41.3 Å². The highest BCUT2D eigenvalue weighted by atomic mass is 32.2. The number of anilines is 2. The molecule has 1 N–H and O–H groups in total. The van der Waals surface area contributed by atoms with Crippen molar-refractivity contribution in [1.29, 1.82) is 0 Å². The lowest BCUT2D eigenvalue weighted by molar-refractivity contribution is -0.116. The van der Waals surface area contributed by atoms with Crippen molar-refractivity contribution >= 4 is 27.3 Å². The third-order valence-corrected chi connectivity index (χ3v) is 7.09. The van der Waals surface area contributed by atoms with Gasteiger partial charge in [-0.25, -0.2) is 8.42 Å². The molecule has 2 aromatic rings. The number of nitrogens with zero attached hydrogens (tertiary/aromatic N) is 2. The summed E-state index contributed by atoms with van der Waals surface area (Å²) >= 11 is 0. The lowest BCUT2D eigenvalue weighted by Gasteiger charge is -2.19. The summed E-state index contributed by atoms with van der Waals surface area (Å²) in [7, 11) is -2.30. The van der Waals surface area contributed by atoms with Crippen molar-refractivity contribution < 1.29 is 13.2 Å². The van der Waals surface area contributed by atoms with Gasteiger partial charge in [0.25, 0.3) is 0 Å². The number of aryl methyl sites for hydroxylation is 2. The van der Waals surface area contributed by atoms with Crippen molar-refractivity contribution in [2.24, 2.45) is 0 Å². The predicted octanol–water partition coefficient (Wildman–Crippen LogP) is 2.95. The highest BCUT2D eigenvalue weighted by molar-refractivity contribution is 7.89. The van der Waals surface area contributed by atoms with Crippen LogP contribution >= 0.6 is 0 Å². The second kappa shape index (κ2) is 7.93. The van der Waals surface area contributed by atoms with E-state index < -0.39 is 10.0 Å². The molecule has 150 valence electrons. The Kier molecular flexibility index (Phi) is 5.76. The summed E-state index contributed by atoms with van der Waals surface area (Å²) in [4.78, 5) is 14.9. The van der Waals surface area contributed by atoms with Crippen LogP contribution in [0.1, 0.15) is 23.6 Å². The van der Waals surface area contributed by atoms with Crippen molar-refractivity contribution in [3.8, 4) is 0 Å². The summed E-state index contributed by atoms with van der Waals surface area (Å²) in [6, 6.07) is 10.8. The fourth-order valence-corrected chi connectivity index (χ4v) is 4.61. The number of benzene rings is 2. The van der Waals surface area contributed by atoms with Gasteiger partial charge in [0.15, 0.2) is 0 Å². The molecular formula is C21H27N3O3S. The molecule has 6 nitrogen and oxygen atoms in total. The molecule has 1 aliphatic rings. The van der Waals surface area contributed by atoms with Crippen LogP contribution in [0, 0.1) is 13.8 Å². The summed E-state index contributed by atoms with van der Waals surface area (Å²) < 4.78 is 26.6. The molecule has 0 bridgehead atoms. The number of hydrogen-bond donors (Lipinski definition) is 1. The molecule has 0 atom stereocenters. The number of hydrogen-bond acceptors (Lipinski definition) is 4. The molecule has 0 spiro atoms. The first-order chi connectivity index (χ1) is 13.2. The van der Waals surface area contributed by atoms with Crippen LogP contribution in [0.5, 0.6) is 0 Å². The van der Waals surface area contributed by atoms with Gasteiger partial charge in [-0.2, -0.15) is 4.31 Å². The molecule has 0 radical (unpaired) electrons. The number of likely N-dealkylation sites (N-methyl/N-ethyl adjacent to an activating group) is 2. The lowest BCUT2D eigenvalue weighted by atomic mass is 10.1. The van der Waals surface area contributed by atoms with Gasteiger partial charge in [0.2, 0.25) is 15.9 Å². The molecule has 3 rings (SSSR count). The summed E-state index contributed by atoms with van der Waals surface area (Å²) in [6.45, 7) is 7.56. The van der Waals surface area contributed by atoms with Gasteiger partial charge in [-0.3, -0.25) is 4.79 Å². The monoisotopic (exact) mass is 401 g/mol. The van der Waals surface area contributed by atoms with Crippen LogP contribution in [-0.4, -0.2) is 45.3 Å². The Morgan fingerprint density at radius 1 is 1.14 bits per heavy atom. The van der Waals surface area contributed by atoms with E-state index in [1.54, 1.807) is 18.2 Å². The van der Waals surface area contributed by atoms with Gasteiger partial charge in [0.05, 0.1) is 11.4 Å². The maximum Gasteiger partial charge on any atom is 0.243 e. The molecule has 7 heteroatoms. The topological polar surface area (TPSA) is 69.7 Å². The van der Waals surface area contributed by atoms with Crippen molar-refractivity contribution in [1.82, 2.24) is 4.31 Å². The molecule has 1 heterocycles. The van der Waals surface area contributed by atoms with Crippen LogP contribution in [0.4, 0.5) is 11.4 Å². The largest absolute Gasteiger partial charge is 0.371 e. The van der Waals surface area contributed by atoms with E-state index >= 15 is 0 Å². The normalized spacial score (nSPS) is 13.7. The minimum Gasteiger partial charge on any atom is -0.371 e. The predicted molar refractivity (Wildman–Crippen MR) is 112 cm³/mol. The summed E-state index contributed by atoms with van der Waals surface area (Å²) in [6.07, 6.45) is 1.01. The lowest BCUT2D eigenvalue weighted by Crippen LogP contribution is -2.35. The van der Waals surface area contributed by atoms with Crippen LogP contribution in [0.3, 0.4) is 0 Å². The summed E-state index contributed by atoms with van der Waals surface area (Å²) in [5.41, 5.74) is 5.02. The molecule has 0 aliphatic carbocycles. The second-order valence-corrected chi connectivity index (χ2v) is 9.27. The molecule has 1 amide bonds. The van der Waals surface area contributed by atoms with Gasteiger partial charge >= 0.3 is 0 Å². The minimum absolute atomic E-state index is 0.196. The number of rotatable bonds is 6. The Labute approximate surface area is 167 Å². The van der Waals surface area contributed by atoms with Crippen molar-refractivity contribution in [2.45, 2.75) is 32.1 Å². The van der Waals surface area contributed by atoms with Gasteiger partial charge in [-0.15, -0.1) is 0 Å². The van der Waals surface area contributed by atoms with Gasteiger partial charge in [0, 0.05) is 31.5 Å². The zero-order chi connectivity index (χ0) is 20.5. The first-order valence-corrected chi connectivity index (χ1v) is 10.9. The van der Waals surface area contributed by atoms with E-state index in [-0.39, 0.29) is 17.3 Å². The molecule has 0 saturated carbocycles. The van der Waals surface area contributed by atoms with E-state index in [2.05, 4.69) is 17.1 Å². The number of carbonyl (C=O) groups excluding carboxylic acids is 1. The molecular weight excluding hydrogens is 374 g/mol. The number of nitrogens with one attached hydrogen (secondary N) is 1. The molecule has 28 heavy (non-hydrogen) atoms. The highest BCUT2D eigenvalue weighted by Gasteiger charge is 2.24. The standard InChI is InChI=1S/C21H27N3O3S/c1-5-24-11-10-17-7-8-18(13-20(17)24)22-21(25)14-23(4)28(26,27)19-9-6-15(2)16(3)12-19/h6-9,12-13H,5,10-11,14H2,1-4H3,(H,22,25). The minimum atomic E-state index is -3.72. The van der Waals surface area contributed by atoms with Gasteiger partial charge in [0.1, 0.15) is 0 Å². The smallest absolute Gasteiger partial charge is 0.243 e. The molecule has 2 aromatic carbocycles. The third-order valence-electron chi connectivity index (χ3n) is 5.30. The van der Waals surface area contributed by atoms with Crippen LogP contribution in [-0.2, 0) is 21.2 Å². The van der Waals surface area contributed by atoms with Crippen molar-refractivity contribution in [2.75, 3.05) is 36.9 Å². The molecule has 0 saturated heterocycles. The Bertz CT molecular complexity index is 1000. The van der Waals surface area contributed by atoms with Gasteiger partial charge in [-0.1, -0.05) is 12.1 Å². The Balaban J connectivity index is 1.70. The SMILES string of the molecule is CCN1CCc2ccc(NC(=O)CN(C)S(=O)(=O)c3ccc(C)c(C)c3)cc21. The van der Waals surface area contributed by atoms with E-state index in [1.165, 1.54) is 12.6 Å². The molecule has 0 unspecified atom stereocenters. The third kappa shape index (κ3) is 4.05. The number of amides is 1. The molecule has 0 fully saturated rings. The van der Waals surface area contributed by atoms with Crippen molar-refractivity contribution in [3.05, 3.63) is 53.1 Å². The maximum absolute atomic E-state index is 12.8. The fourth-order valence-electron chi connectivity index (χ4n) is 3.39. The highest BCUT2D eigenvalue weighted by Crippen LogP contribution is 2.30. The van der Waals surface area contributed by atoms with E-state index in [4.69, 9.17) is 0 Å². The average Bonchev–Trinajstić information content (AvgIpc) is 3.06. The Morgan fingerprint density at radius 3 is 2.57 bits per heavy atom.